The van der Waals surface area contributed by atoms with Gasteiger partial charge in [0.05, 0.1) is 5.41 Å². The molecule has 1 aromatic heterocycles. The number of carboxylic acids is 1. The van der Waals surface area contributed by atoms with Crippen molar-refractivity contribution in [3.63, 3.8) is 0 Å². The monoisotopic (exact) mass is 270 g/mol. The van der Waals surface area contributed by atoms with Gasteiger partial charge in [-0.05, 0) is 31.2 Å². The highest BCUT2D eigenvalue weighted by Crippen LogP contribution is 2.40. The fourth-order valence-electron chi connectivity index (χ4n) is 3.05. The molecule has 0 bridgehead atoms. The van der Waals surface area contributed by atoms with Crippen LogP contribution in [0.15, 0.2) is 36.5 Å². The van der Waals surface area contributed by atoms with Crippen molar-refractivity contribution >= 4 is 22.6 Å². The van der Waals surface area contributed by atoms with Crippen LogP contribution < -0.4 is 5.32 Å². The van der Waals surface area contributed by atoms with Gasteiger partial charge < -0.3 is 10.4 Å². The number of fused-ring (bicyclic) bond motifs is 1. The molecule has 0 radical (unpaired) electrons. The minimum Gasteiger partial charge on any atom is -0.481 e. The highest BCUT2D eigenvalue weighted by atomic mass is 16.4. The van der Waals surface area contributed by atoms with E-state index in [0.717, 1.165) is 29.4 Å². The van der Waals surface area contributed by atoms with Gasteiger partial charge in [-0.15, -0.1) is 0 Å². The van der Waals surface area contributed by atoms with E-state index in [0.29, 0.717) is 6.42 Å². The van der Waals surface area contributed by atoms with Gasteiger partial charge in [-0.1, -0.05) is 30.7 Å². The zero-order chi connectivity index (χ0) is 14.2. The van der Waals surface area contributed by atoms with E-state index in [1.54, 1.807) is 6.20 Å². The number of benzene rings is 1. The number of aliphatic carboxylic acids is 1. The van der Waals surface area contributed by atoms with Gasteiger partial charge in [0.15, 0.2) is 0 Å². The van der Waals surface area contributed by atoms with E-state index in [1.165, 1.54) is 0 Å². The Hall–Kier alpha value is -2.10. The van der Waals surface area contributed by atoms with Crippen LogP contribution in [0.3, 0.4) is 0 Å². The molecular formula is C16H18N2O2. The van der Waals surface area contributed by atoms with Gasteiger partial charge in [0, 0.05) is 17.6 Å². The molecule has 2 atom stereocenters. The summed E-state index contributed by atoms with van der Waals surface area (Å²) < 4.78 is 0. The third kappa shape index (κ3) is 2.01. The summed E-state index contributed by atoms with van der Waals surface area (Å²) in [5.41, 5.74) is -0.710. The predicted molar refractivity (Wildman–Crippen MR) is 78.7 cm³/mol. The lowest BCUT2D eigenvalue weighted by atomic mass is 9.85. The van der Waals surface area contributed by atoms with Crippen molar-refractivity contribution in [2.24, 2.45) is 5.41 Å². The fraction of sp³-hybridized carbons (Fsp3) is 0.375. The standard InChI is InChI=1S/C16H18N2O2/c1-16(15(19)20)9-4-7-13(16)18-14-12-6-3-2-5-11(12)8-10-17-14/h2-3,5-6,8,10,13H,4,7,9H2,1H3,(H,17,18)(H,19,20). The molecule has 0 saturated heterocycles. The molecule has 2 unspecified atom stereocenters. The van der Waals surface area contributed by atoms with Crippen molar-refractivity contribution in [1.29, 1.82) is 0 Å². The zero-order valence-electron chi connectivity index (χ0n) is 11.5. The molecule has 1 aromatic carbocycles. The van der Waals surface area contributed by atoms with Gasteiger partial charge >= 0.3 is 5.97 Å². The van der Waals surface area contributed by atoms with E-state index >= 15 is 0 Å². The Labute approximate surface area is 117 Å². The van der Waals surface area contributed by atoms with E-state index in [2.05, 4.69) is 10.3 Å². The average Bonchev–Trinajstić information content (AvgIpc) is 2.82. The lowest BCUT2D eigenvalue weighted by Crippen LogP contribution is -2.40. The Morgan fingerprint density at radius 1 is 1.40 bits per heavy atom. The number of hydrogen-bond donors (Lipinski definition) is 2. The first kappa shape index (κ1) is 12.9. The van der Waals surface area contributed by atoms with Gasteiger partial charge in [-0.25, -0.2) is 4.98 Å². The lowest BCUT2D eigenvalue weighted by molar-refractivity contribution is -0.147. The smallest absolute Gasteiger partial charge is 0.311 e. The SMILES string of the molecule is CC1(C(=O)O)CCCC1Nc1nccc2ccccc12. The Morgan fingerprint density at radius 2 is 2.20 bits per heavy atom. The second-order valence-electron chi connectivity index (χ2n) is 5.69. The fourth-order valence-corrected chi connectivity index (χ4v) is 3.05. The number of pyridine rings is 1. The van der Waals surface area contributed by atoms with Crippen LogP contribution in [0.25, 0.3) is 10.8 Å². The topological polar surface area (TPSA) is 62.2 Å². The van der Waals surface area contributed by atoms with Crippen LogP contribution in [-0.4, -0.2) is 22.1 Å². The third-order valence-electron chi connectivity index (χ3n) is 4.43. The number of carbonyl (C=O) groups is 1. The van der Waals surface area contributed by atoms with Crippen molar-refractivity contribution < 1.29 is 9.90 Å². The highest BCUT2D eigenvalue weighted by Gasteiger charge is 2.45. The van der Waals surface area contributed by atoms with Gasteiger partial charge in [0.2, 0.25) is 0 Å². The molecule has 0 aliphatic heterocycles. The van der Waals surface area contributed by atoms with Gasteiger partial charge in [0.1, 0.15) is 5.82 Å². The number of aromatic nitrogens is 1. The molecule has 1 saturated carbocycles. The summed E-state index contributed by atoms with van der Waals surface area (Å²) >= 11 is 0. The lowest BCUT2D eigenvalue weighted by Gasteiger charge is -2.28. The Kier molecular flexibility index (Phi) is 3.08. The van der Waals surface area contributed by atoms with Crippen molar-refractivity contribution in [1.82, 2.24) is 4.98 Å². The number of carboxylic acid groups (broad SMARTS) is 1. The summed E-state index contributed by atoms with van der Waals surface area (Å²) in [7, 11) is 0. The predicted octanol–water partition coefficient (Wildman–Crippen LogP) is 3.29. The maximum atomic E-state index is 11.5. The van der Waals surface area contributed by atoms with Crippen molar-refractivity contribution in [2.75, 3.05) is 5.32 Å². The van der Waals surface area contributed by atoms with E-state index in [4.69, 9.17) is 0 Å². The number of rotatable bonds is 3. The Morgan fingerprint density at radius 3 is 3.00 bits per heavy atom. The Bertz CT molecular complexity index is 650. The van der Waals surface area contributed by atoms with Crippen LogP contribution >= 0.6 is 0 Å². The van der Waals surface area contributed by atoms with Crippen LogP contribution in [0.5, 0.6) is 0 Å². The third-order valence-corrected chi connectivity index (χ3v) is 4.43. The van der Waals surface area contributed by atoms with Gasteiger partial charge in [-0.2, -0.15) is 0 Å². The molecular weight excluding hydrogens is 252 g/mol. The molecule has 4 nitrogen and oxygen atoms in total. The summed E-state index contributed by atoms with van der Waals surface area (Å²) in [4.78, 5) is 15.9. The minimum atomic E-state index is -0.729. The molecule has 1 aliphatic rings. The second kappa shape index (κ2) is 4.78. The summed E-state index contributed by atoms with van der Waals surface area (Å²) in [6.07, 6.45) is 4.28. The maximum Gasteiger partial charge on any atom is 0.311 e. The molecule has 20 heavy (non-hydrogen) atoms. The molecule has 4 heteroatoms. The van der Waals surface area contributed by atoms with Crippen LogP contribution in [0.2, 0.25) is 0 Å². The molecule has 2 N–H and O–H groups in total. The number of nitrogens with zero attached hydrogens (tertiary/aromatic N) is 1. The first-order chi connectivity index (χ1) is 9.61. The van der Waals surface area contributed by atoms with Crippen molar-refractivity contribution in [3.05, 3.63) is 36.5 Å². The van der Waals surface area contributed by atoms with E-state index < -0.39 is 11.4 Å². The molecule has 3 rings (SSSR count). The molecule has 104 valence electrons. The molecule has 1 heterocycles. The van der Waals surface area contributed by atoms with Crippen molar-refractivity contribution in [3.8, 4) is 0 Å². The zero-order valence-corrected chi connectivity index (χ0v) is 11.5. The summed E-state index contributed by atoms with van der Waals surface area (Å²) in [6.45, 7) is 1.82. The number of hydrogen-bond acceptors (Lipinski definition) is 3. The second-order valence-corrected chi connectivity index (χ2v) is 5.69. The molecule has 1 aliphatic carbocycles. The first-order valence-corrected chi connectivity index (χ1v) is 6.95. The summed E-state index contributed by atoms with van der Waals surface area (Å²) in [6, 6.07) is 9.90. The Balaban J connectivity index is 1.96. The highest BCUT2D eigenvalue weighted by molar-refractivity contribution is 5.92. The van der Waals surface area contributed by atoms with Gasteiger partial charge in [0.25, 0.3) is 0 Å². The quantitative estimate of drug-likeness (QED) is 0.898. The van der Waals surface area contributed by atoms with Gasteiger partial charge in [-0.3, -0.25) is 4.79 Å². The minimum absolute atomic E-state index is 0.0710. The van der Waals surface area contributed by atoms with E-state index in [9.17, 15) is 9.90 Å². The molecule has 0 amide bonds. The number of nitrogens with one attached hydrogen (secondary N) is 1. The molecule has 2 aromatic rings. The van der Waals surface area contributed by atoms with Crippen LogP contribution in [0.4, 0.5) is 5.82 Å². The largest absolute Gasteiger partial charge is 0.481 e. The molecule has 0 spiro atoms. The van der Waals surface area contributed by atoms with E-state index in [-0.39, 0.29) is 6.04 Å². The first-order valence-electron chi connectivity index (χ1n) is 6.95. The van der Waals surface area contributed by atoms with E-state index in [1.807, 2.05) is 37.3 Å². The maximum absolute atomic E-state index is 11.5. The van der Waals surface area contributed by atoms with Crippen LogP contribution in [-0.2, 0) is 4.79 Å². The number of anilines is 1. The van der Waals surface area contributed by atoms with Crippen molar-refractivity contribution in [2.45, 2.75) is 32.2 Å². The average molecular weight is 270 g/mol. The van der Waals surface area contributed by atoms with Crippen LogP contribution in [0, 0.1) is 5.41 Å². The normalized spacial score (nSPS) is 25.8. The summed E-state index contributed by atoms with van der Waals surface area (Å²) in [5, 5.41) is 15.0. The van der Waals surface area contributed by atoms with Crippen LogP contribution in [0.1, 0.15) is 26.2 Å². The summed E-state index contributed by atoms with van der Waals surface area (Å²) in [5.74, 6) is 0.0511. The molecule has 1 fully saturated rings.